The molecule has 124 valence electrons. The van der Waals surface area contributed by atoms with Crippen LogP contribution in [-0.4, -0.2) is 19.7 Å². The van der Waals surface area contributed by atoms with Crippen molar-refractivity contribution in [2.45, 2.75) is 49.6 Å². The highest BCUT2D eigenvalue weighted by Gasteiger charge is 2.26. The first kappa shape index (κ1) is 15.8. The van der Waals surface area contributed by atoms with Crippen molar-refractivity contribution in [1.29, 1.82) is 0 Å². The highest BCUT2D eigenvalue weighted by atomic mass is 32.2. The Labute approximate surface area is 150 Å². The van der Waals surface area contributed by atoms with Gasteiger partial charge in [0.2, 0.25) is 0 Å². The molecule has 0 bridgehead atoms. The van der Waals surface area contributed by atoms with Crippen LogP contribution in [0.25, 0.3) is 10.6 Å². The van der Waals surface area contributed by atoms with Crippen LogP contribution in [0.2, 0.25) is 0 Å². The molecule has 1 aliphatic rings. The lowest BCUT2D eigenvalue weighted by atomic mass is 10.0. The predicted molar refractivity (Wildman–Crippen MR) is 99.5 cm³/mol. The van der Waals surface area contributed by atoms with Gasteiger partial charge in [0.15, 0.2) is 5.16 Å². The van der Waals surface area contributed by atoms with Crippen molar-refractivity contribution in [3.05, 3.63) is 47.2 Å². The van der Waals surface area contributed by atoms with Gasteiger partial charge >= 0.3 is 0 Å². The Hall–Kier alpha value is -1.66. The van der Waals surface area contributed by atoms with E-state index in [-0.39, 0.29) is 0 Å². The predicted octanol–water partition coefficient (Wildman–Crippen LogP) is 5.15. The maximum absolute atomic E-state index is 4.78. The zero-order chi connectivity index (χ0) is 16.5. The number of thiazole rings is 1. The molecule has 0 atom stereocenters. The Morgan fingerprint density at radius 2 is 2.04 bits per heavy atom. The van der Waals surface area contributed by atoms with Crippen molar-refractivity contribution >= 4 is 23.1 Å². The van der Waals surface area contributed by atoms with E-state index in [2.05, 4.69) is 58.3 Å². The fraction of sp³-hybridized carbons (Fsp3) is 0.389. The minimum atomic E-state index is 0.561. The summed E-state index contributed by atoms with van der Waals surface area (Å²) in [6.45, 7) is 4.43. The van der Waals surface area contributed by atoms with Gasteiger partial charge in [0, 0.05) is 22.7 Å². The summed E-state index contributed by atoms with van der Waals surface area (Å²) in [5.74, 6) is 1.40. The number of benzene rings is 1. The third-order valence-electron chi connectivity index (χ3n) is 4.21. The van der Waals surface area contributed by atoms with Gasteiger partial charge in [-0.3, -0.25) is 0 Å². The van der Waals surface area contributed by atoms with Crippen LogP contribution in [0.1, 0.15) is 49.9 Å². The molecule has 0 spiro atoms. The van der Waals surface area contributed by atoms with E-state index in [1.165, 1.54) is 24.0 Å². The summed E-state index contributed by atoms with van der Waals surface area (Å²) in [5, 5.41) is 12.5. The van der Waals surface area contributed by atoms with Crippen molar-refractivity contribution in [2.24, 2.45) is 0 Å². The summed E-state index contributed by atoms with van der Waals surface area (Å²) in [6.07, 6.45) is 4.35. The minimum absolute atomic E-state index is 0.561. The number of nitrogens with zero attached hydrogens (tertiary/aromatic N) is 4. The molecule has 0 aliphatic heterocycles. The molecule has 6 heteroatoms. The maximum atomic E-state index is 4.78. The van der Waals surface area contributed by atoms with Gasteiger partial charge in [-0.15, -0.1) is 21.5 Å². The Balaban J connectivity index is 1.43. The van der Waals surface area contributed by atoms with E-state index in [1.54, 1.807) is 23.1 Å². The third kappa shape index (κ3) is 3.39. The van der Waals surface area contributed by atoms with Crippen LogP contribution in [0.4, 0.5) is 0 Å². The van der Waals surface area contributed by atoms with E-state index in [9.17, 15) is 0 Å². The average molecular weight is 357 g/mol. The normalized spacial score (nSPS) is 14.5. The summed E-state index contributed by atoms with van der Waals surface area (Å²) in [7, 11) is 0. The van der Waals surface area contributed by atoms with Crippen molar-refractivity contribution < 1.29 is 0 Å². The highest BCUT2D eigenvalue weighted by Crippen LogP contribution is 2.38. The topological polar surface area (TPSA) is 43.6 Å². The van der Waals surface area contributed by atoms with Gasteiger partial charge in [-0.05, 0) is 24.3 Å². The number of hydrogen-bond donors (Lipinski definition) is 0. The first-order chi connectivity index (χ1) is 11.7. The zero-order valence-corrected chi connectivity index (χ0v) is 15.5. The van der Waals surface area contributed by atoms with E-state index >= 15 is 0 Å². The van der Waals surface area contributed by atoms with Crippen LogP contribution in [-0.2, 0) is 5.75 Å². The van der Waals surface area contributed by atoms with Crippen molar-refractivity contribution in [1.82, 2.24) is 19.7 Å². The Bertz CT molecular complexity index is 816. The lowest BCUT2D eigenvalue weighted by Gasteiger charge is -2.05. The van der Waals surface area contributed by atoms with Gasteiger partial charge in [0.05, 0.1) is 5.69 Å². The minimum Gasteiger partial charge on any atom is -0.306 e. The smallest absolute Gasteiger partial charge is 0.191 e. The van der Waals surface area contributed by atoms with Gasteiger partial charge in [0.25, 0.3) is 0 Å². The molecule has 3 aromatic rings. The monoisotopic (exact) mass is 356 g/mol. The maximum Gasteiger partial charge on any atom is 0.191 e. The second kappa shape index (κ2) is 6.69. The van der Waals surface area contributed by atoms with Gasteiger partial charge in [-0.1, -0.05) is 49.9 Å². The molecule has 0 radical (unpaired) electrons. The van der Waals surface area contributed by atoms with Crippen molar-refractivity contribution in [2.75, 3.05) is 0 Å². The zero-order valence-electron chi connectivity index (χ0n) is 13.8. The number of aromatic nitrogens is 4. The van der Waals surface area contributed by atoms with Crippen LogP contribution < -0.4 is 0 Å². The van der Waals surface area contributed by atoms with E-state index in [1.807, 2.05) is 6.33 Å². The molecule has 2 heterocycles. The summed E-state index contributed by atoms with van der Waals surface area (Å²) in [6, 6.07) is 9.37. The third-order valence-corrected chi connectivity index (χ3v) is 6.14. The molecule has 0 saturated heterocycles. The van der Waals surface area contributed by atoms with E-state index in [0.717, 1.165) is 21.6 Å². The standard InChI is InChI=1S/C18H20N4S2/c1-12(2)13-3-5-14(6-4-13)17-20-15(9-23-17)10-24-18-21-19-11-22(18)16-7-8-16/h3-6,9,11-12,16H,7-8,10H2,1-2H3. The summed E-state index contributed by atoms with van der Waals surface area (Å²) >= 11 is 3.43. The summed E-state index contributed by atoms with van der Waals surface area (Å²) in [5.41, 5.74) is 3.67. The quantitative estimate of drug-likeness (QED) is 0.573. The van der Waals surface area contributed by atoms with Crippen LogP contribution in [0.3, 0.4) is 0 Å². The lowest BCUT2D eigenvalue weighted by Crippen LogP contribution is -1.94. The van der Waals surface area contributed by atoms with Crippen LogP contribution >= 0.6 is 23.1 Å². The second-order valence-electron chi connectivity index (χ2n) is 6.46. The number of thioether (sulfide) groups is 1. The fourth-order valence-electron chi connectivity index (χ4n) is 2.59. The van der Waals surface area contributed by atoms with E-state index in [0.29, 0.717) is 12.0 Å². The Kier molecular flexibility index (Phi) is 4.41. The molecule has 2 aromatic heterocycles. The van der Waals surface area contributed by atoms with Gasteiger partial charge in [0.1, 0.15) is 11.3 Å². The molecular weight excluding hydrogens is 336 g/mol. The number of hydrogen-bond acceptors (Lipinski definition) is 5. The molecular formula is C18H20N4S2. The SMILES string of the molecule is CC(C)c1ccc(-c2nc(CSc3nncn3C3CC3)cs2)cc1. The molecule has 0 N–H and O–H groups in total. The van der Waals surface area contributed by atoms with Gasteiger partial charge in [-0.25, -0.2) is 4.98 Å². The molecule has 24 heavy (non-hydrogen) atoms. The molecule has 4 nitrogen and oxygen atoms in total. The molecule has 1 fully saturated rings. The second-order valence-corrected chi connectivity index (χ2v) is 8.26. The van der Waals surface area contributed by atoms with Crippen LogP contribution in [0, 0.1) is 0 Å². The highest BCUT2D eigenvalue weighted by molar-refractivity contribution is 7.98. The van der Waals surface area contributed by atoms with Crippen LogP contribution in [0.5, 0.6) is 0 Å². The molecule has 1 aromatic carbocycles. The van der Waals surface area contributed by atoms with Gasteiger partial charge < -0.3 is 4.57 Å². The summed E-state index contributed by atoms with van der Waals surface area (Å²) < 4.78 is 2.20. The van der Waals surface area contributed by atoms with E-state index < -0.39 is 0 Å². The Morgan fingerprint density at radius 3 is 2.75 bits per heavy atom. The summed E-state index contributed by atoms with van der Waals surface area (Å²) in [4.78, 5) is 4.78. The van der Waals surface area contributed by atoms with Crippen molar-refractivity contribution in [3.8, 4) is 10.6 Å². The van der Waals surface area contributed by atoms with Gasteiger partial charge in [-0.2, -0.15) is 0 Å². The molecule has 4 rings (SSSR count). The molecule has 0 unspecified atom stereocenters. The molecule has 0 amide bonds. The first-order valence-corrected chi connectivity index (χ1v) is 10.1. The van der Waals surface area contributed by atoms with E-state index in [4.69, 9.17) is 4.98 Å². The Morgan fingerprint density at radius 1 is 1.25 bits per heavy atom. The first-order valence-electron chi connectivity index (χ1n) is 8.28. The van der Waals surface area contributed by atoms with Crippen molar-refractivity contribution in [3.63, 3.8) is 0 Å². The molecule has 1 aliphatic carbocycles. The lowest BCUT2D eigenvalue weighted by molar-refractivity contribution is 0.663. The average Bonchev–Trinajstić information content (AvgIpc) is 3.14. The number of rotatable bonds is 6. The largest absolute Gasteiger partial charge is 0.306 e. The fourth-order valence-corrected chi connectivity index (χ4v) is 4.40. The molecule has 1 saturated carbocycles. The van der Waals surface area contributed by atoms with Crippen LogP contribution in [0.15, 0.2) is 41.1 Å².